The lowest BCUT2D eigenvalue weighted by Crippen LogP contribution is -2.52. The molecule has 1 aliphatic heterocycles. The van der Waals surface area contributed by atoms with Crippen LogP contribution in [0.4, 0.5) is 0 Å². The molecule has 160 valence electrons. The fourth-order valence-electron chi connectivity index (χ4n) is 5.70. The molecule has 1 N–H and O–H groups in total. The van der Waals surface area contributed by atoms with E-state index in [1.807, 2.05) is 6.07 Å². The highest BCUT2D eigenvalue weighted by atomic mass is 16.5. The third-order valence-corrected chi connectivity index (χ3v) is 7.42. The molecule has 32 heavy (non-hydrogen) atoms. The van der Waals surface area contributed by atoms with Gasteiger partial charge in [0.2, 0.25) is 0 Å². The molecule has 1 aliphatic carbocycles. The average molecular weight is 421 g/mol. The van der Waals surface area contributed by atoms with Gasteiger partial charge in [0.1, 0.15) is 12.4 Å². The summed E-state index contributed by atoms with van der Waals surface area (Å²) in [6.45, 7) is 2.70. The van der Waals surface area contributed by atoms with Crippen molar-refractivity contribution in [2.45, 2.75) is 31.3 Å². The largest absolute Gasteiger partial charge is 0.489 e. The molecule has 0 radical (unpaired) electrons. The van der Waals surface area contributed by atoms with Gasteiger partial charge in [0.15, 0.2) is 0 Å². The zero-order valence-corrected chi connectivity index (χ0v) is 18.3. The lowest BCUT2D eigenvalue weighted by Gasteiger charge is -2.48. The Labute approximate surface area is 189 Å². The van der Waals surface area contributed by atoms with E-state index in [1.54, 1.807) is 0 Å². The molecule has 0 saturated carbocycles. The third-order valence-electron chi connectivity index (χ3n) is 7.42. The number of benzene rings is 3. The van der Waals surface area contributed by atoms with E-state index in [9.17, 15) is 0 Å². The van der Waals surface area contributed by atoms with E-state index in [4.69, 9.17) is 9.72 Å². The van der Waals surface area contributed by atoms with E-state index in [2.05, 4.69) is 84.2 Å². The minimum absolute atomic E-state index is 0.111. The number of rotatable bonds is 4. The maximum Gasteiger partial charge on any atom is 0.120 e. The Morgan fingerprint density at radius 3 is 2.75 bits per heavy atom. The molecular weight excluding hydrogens is 392 g/mol. The van der Waals surface area contributed by atoms with Crippen LogP contribution in [0, 0.1) is 5.92 Å². The Morgan fingerprint density at radius 1 is 0.938 bits per heavy atom. The Kier molecular flexibility index (Phi) is 4.92. The highest BCUT2D eigenvalue weighted by Gasteiger charge is 2.46. The van der Waals surface area contributed by atoms with Gasteiger partial charge < -0.3 is 10.1 Å². The minimum Gasteiger partial charge on any atom is -0.489 e. The molecular formula is C29H28N2O. The van der Waals surface area contributed by atoms with Gasteiger partial charge in [-0.05, 0) is 72.8 Å². The first kappa shape index (κ1) is 19.5. The van der Waals surface area contributed by atoms with Crippen LogP contribution in [-0.4, -0.2) is 18.1 Å². The summed E-state index contributed by atoms with van der Waals surface area (Å²) in [5, 5.41) is 4.90. The van der Waals surface area contributed by atoms with E-state index in [0.29, 0.717) is 12.5 Å². The van der Waals surface area contributed by atoms with Crippen LogP contribution in [0.1, 0.15) is 28.8 Å². The van der Waals surface area contributed by atoms with Gasteiger partial charge in [0.05, 0.1) is 5.52 Å². The van der Waals surface area contributed by atoms with E-state index in [-0.39, 0.29) is 5.41 Å². The Hall–Kier alpha value is -3.17. The Morgan fingerprint density at radius 2 is 1.81 bits per heavy atom. The summed E-state index contributed by atoms with van der Waals surface area (Å²) in [5.74, 6) is 1.52. The monoisotopic (exact) mass is 420 g/mol. The predicted octanol–water partition coefficient (Wildman–Crippen LogP) is 5.46. The van der Waals surface area contributed by atoms with E-state index < -0.39 is 0 Å². The Balaban J connectivity index is 1.35. The summed E-state index contributed by atoms with van der Waals surface area (Å²) >= 11 is 0. The van der Waals surface area contributed by atoms with Crippen LogP contribution in [0.5, 0.6) is 5.75 Å². The quantitative estimate of drug-likeness (QED) is 0.476. The first-order valence-corrected chi connectivity index (χ1v) is 11.7. The summed E-state index contributed by atoms with van der Waals surface area (Å²) in [5.41, 5.74) is 6.50. The van der Waals surface area contributed by atoms with Gasteiger partial charge in [-0.3, -0.25) is 4.98 Å². The van der Waals surface area contributed by atoms with Crippen LogP contribution < -0.4 is 10.1 Å². The van der Waals surface area contributed by atoms with Crippen LogP contribution in [0.15, 0.2) is 84.9 Å². The lowest BCUT2D eigenvalue weighted by atomic mass is 9.59. The second kappa shape index (κ2) is 8.07. The first-order chi connectivity index (χ1) is 15.8. The fraction of sp³-hybridized carbons (Fsp3) is 0.276. The average Bonchev–Trinajstić information content (AvgIpc) is 2.85. The molecule has 3 heteroatoms. The molecule has 2 atom stereocenters. The molecule has 0 amide bonds. The number of hydrogen-bond acceptors (Lipinski definition) is 3. The number of pyridine rings is 1. The molecule has 3 aromatic carbocycles. The summed E-state index contributed by atoms with van der Waals surface area (Å²) in [7, 11) is 0. The number of nitrogens with one attached hydrogen (secondary N) is 1. The molecule has 0 bridgehead atoms. The fourth-order valence-corrected chi connectivity index (χ4v) is 5.70. The second-order valence-corrected chi connectivity index (χ2v) is 9.28. The van der Waals surface area contributed by atoms with Gasteiger partial charge in [-0.15, -0.1) is 0 Å². The lowest BCUT2D eigenvalue weighted by molar-refractivity contribution is 0.180. The van der Waals surface area contributed by atoms with Crippen LogP contribution in [-0.2, 0) is 24.9 Å². The normalized spacial score (nSPS) is 22.2. The maximum atomic E-state index is 6.20. The SMILES string of the molecule is c1ccc(COc2cccc([C@@]34CCNC[C@H]3Cc3cc5ccccc5nc3C4)c2)cc1. The van der Waals surface area contributed by atoms with Crippen molar-refractivity contribution in [1.82, 2.24) is 10.3 Å². The number of para-hydroxylation sites is 1. The zero-order chi connectivity index (χ0) is 21.4. The van der Waals surface area contributed by atoms with Crippen molar-refractivity contribution in [2.24, 2.45) is 5.92 Å². The van der Waals surface area contributed by atoms with Crippen LogP contribution in [0.3, 0.4) is 0 Å². The summed E-state index contributed by atoms with van der Waals surface area (Å²) in [4.78, 5) is 5.12. The van der Waals surface area contributed by atoms with Crippen molar-refractivity contribution >= 4 is 10.9 Å². The van der Waals surface area contributed by atoms with E-state index >= 15 is 0 Å². The third kappa shape index (κ3) is 3.47. The van der Waals surface area contributed by atoms with Gasteiger partial charge in [-0.2, -0.15) is 0 Å². The molecule has 6 rings (SSSR count). The van der Waals surface area contributed by atoms with E-state index in [0.717, 1.165) is 43.6 Å². The highest BCUT2D eigenvalue weighted by molar-refractivity contribution is 5.79. The highest BCUT2D eigenvalue weighted by Crippen LogP contribution is 2.47. The number of nitrogens with zero attached hydrogens (tertiary/aromatic N) is 1. The predicted molar refractivity (Wildman–Crippen MR) is 129 cm³/mol. The number of ether oxygens (including phenoxy) is 1. The summed E-state index contributed by atoms with van der Waals surface area (Å²) in [6, 6.07) is 30.1. The standard InChI is InChI=1S/C29H28N2O/c1-2-7-21(8-3-1)20-32-26-11-6-10-24(17-26)29-13-14-30-19-25(29)16-23-15-22-9-4-5-12-27(22)31-28(23)18-29/h1-12,15,17,25,30H,13-14,16,18-20H2/t25-,29+/m1/s1. The van der Waals surface area contributed by atoms with Crippen molar-refractivity contribution in [1.29, 1.82) is 0 Å². The zero-order valence-electron chi connectivity index (χ0n) is 18.3. The topological polar surface area (TPSA) is 34.1 Å². The molecule has 0 unspecified atom stereocenters. The number of hydrogen-bond donors (Lipinski definition) is 1. The van der Waals surface area contributed by atoms with Crippen molar-refractivity contribution in [3.63, 3.8) is 0 Å². The van der Waals surface area contributed by atoms with Gasteiger partial charge in [-0.25, -0.2) is 0 Å². The van der Waals surface area contributed by atoms with Crippen LogP contribution in [0.25, 0.3) is 10.9 Å². The summed E-state index contributed by atoms with van der Waals surface area (Å²) < 4.78 is 6.20. The Bertz CT molecular complexity index is 1250. The number of fused-ring (bicyclic) bond motifs is 3. The van der Waals surface area contributed by atoms with Crippen molar-refractivity contribution in [2.75, 3.05) is 13.1 Å². The van der Waals surface area contributed by atoms with Gasteiger partial charge in [0.25, 0.3) is 0 Å². The molecule has 4 aromatic rings. The van der Waals surface area contributed by atoms with Crippen molar-refractivity contribution in [3.8, 4) is 5.75 Å². The van der Waals surface area contributed by atoms with Crippen LogP contribution in [0.2, 0.25) is 0 Å². The van der Waals surface area contributed by atoms with Gasteiger partial charge >= 0.3 is 0 Å². The molecule has 0 spiro atoms. The first-order valence-electron chi connectivity index (χ1n) is 11.7. The molecule has 1 saturated heterocycles. The molecule has 2 heterocycles. The summed E-state index contributed by atoms with van der Waals surface area (Å²) in [6.07, 6.45) is 3.21. The maximum absolute atomic E-state index is 6.20. The van der Waals surface area contributed by atoms with Crippen molar-refractivity contribution < 1.29 is 4.74 Å². The number of aromatic nitrogens is 1. The van der Waals surface area contributed by atoms with Gasteiger partial charge in [0, 0.05) is 22.9 Å². The van der Waals surface area contributed by atoms with Crippen LogP contribution >= 0.6 is 0 Å². The molecule has 3 nitrogen and oxygen atoms in total. The van der Waals surface area contributed by atoms with Crippen molar-refractivity contribution in [3.05, 3.63) is 107 Å². The van der Waals surface area contributed by atoms with E-state index in [1.165, 1.54) is 27.8 Å². The smallest absolute Gasteiger partial charge is 0.120 e. The minimum atomic E-state index is 0.111. The molecule has 1 fully saturated rings. The second-order valence-electron chi connectivity index (χ2n) is 9.28. The number of piperidine rings is 1. The van der Waals surface area contributed by atoms with Gasteiger partial charge in [-0.1, -0.05) is 60.7 Å². The molecule has 2 aliphatic rings. The molecule has 1 aromatic heterocycles.